The lowest BCUT2D eigenvalue weighted by molar-refractivity contribution is -0.0514. The highest BCUT2D eigenvalue weighted by Crippen LogP contribution is 2.30. The van der Waals surface area contributed by atoms with Crippen LogP contribution in [0.4, 0.5) is 8.78 Å². The van der Waals surface area contributed by atoms with Crippen molar-refractivity contribution < 1.29 is 18.3 Å². The lowest BCUT2D eigenvalue weighted by atomic mass is 10.2. The number of thioether (sulfide) groups is 1. The van der Waals surface area contributed by atoms with Crippen molar-refractivity contribution in [3.05, 3.63) is 57.5 Å². The Labute approximate surface area is 155 Å². The van der Waals surface area contributed by atoms with Crippen LogP contribution in [0.15, 0.2) is 35.1 Å². The van der Waals surface area contributed by atoms with Crippen molar-refractivity contribution in [3.63, 3.8) is 0 Å². The molecule has 0 spiro atoms. The number of benzene rings is 1. The number of halogens is 2. The largest absolute Gasteiger partial charge is 0.489 e. The molecule has 0 aliphatic carbocycles. The summed E-state index contributed by atoms with van der Waals surface area (Å²) in [5.74, 6) is 1.02. The maximum atomic E-state index is 12.6. The van der Waals surface area contributed by atoms with Crippen molar-refractivity contribution in [2.45, 2.75) is 20.5 Å². The first-order valence-electron chi connectivity index (χ1n) is 7.99. The summed E-state index contributed by atoms with van der Waals surface area (Å²) in [4.78, 5) is 11.5. The molecule has 0 saturated carbocycles. The van der Waals surface area contributed by atoms with Crippen molar-refractivity contribution in [2.75, 3.05) is 18.6 Å². The average molecular weight is 381 g/mol. The van der Waals surface area contributed by atoms with E-state index >= 15 is 0 Å². The van der Waals surface area contributed by atoms with Crippen LogP contribution in [0.25, 0.3) is 12.3 Å². The minimum atomic E-state index is -2.91. The van der Waals surface area contributed by atoms with Gasteiger partial charge in [0.2, 0.25) is 0 Å². The molecule has 0 radical (unpaired) electrons. The highest BCUT2D eigenvalue weighted by molar-refractivity contribution is 7.98. The molecular weight excluding hydrogens is 360 g/mol. The Morgan fingerprint density at radius 3 is 2.46 bits per heavy atom. The fourth-order valence-corrected chi connectivity index (χ4v) is 2.69. The number of pyridine rings is 1. The fraction of sp³-hybridized carbons (Fsp3) is 0.316. The van der Waals surface area contributed by atoms with Gasteiger partial charge in [0, 0.05) is 35.5 Å². The Balaban J connectivity index is 2.29. The van der Waals surface area contributed by atoms with E-state index in [1.54, 1.807) is 36.0 Å². The molecule has 0 bridgehead atoms. The third kappa shape index (κ3) is 5.62. The van der Waals surface area contributed by atoms with Crippen LogP contribution >= 0.6 is 11.8 Å². The van der Waals surface area contributed by atoms with E-state index in [9.17, 15) is 13.6 Å². The van der Waals surface area contributed by atoms with E-state index in [1.165, 1.54) is 6.07 Å². The average Bonchev–Trinajstić information content (AvgIpc) is 2.55. The molecule has 26 heavy (non-hydrogen) atoms. The number of hydrogen-bond donors (Lipinski definition) is 0. The summed E-state index contributed by atoms with van der Waals surface area (Å²) in [5.41, 5.74) is 2.34. The monoisotopic (exact) mass is 381 g/mol. The molecule has 0 aliphatic heterocycles. The summed E-state index contributed by atoms with van der Waals surface area (Å²) in [6.07, 6.45) is 5.57. The minimum Gasteiger partial charge on any atom is -0.489 e. The molecule has 1 aromatic heterocycles. The van der Waals surface area contributed by atoms with Gasteiger partial charge in [-0.25, -0.2) is 0 Å². The molecule has 4 nitrogen and oxygen atoms in total. The van der Waals surface area contributed by atoms with E-state index in [1.807, 2.05) is 36.9 Å². The molecule has 2 rings (SSSR count). The van der Waals surface area contributed by atoms with E-state index in [2.05, 4.69) is 4.74 Å². The number of hydrogen-bond acceptors (Lipinski definition) is 4. The van der Waals surface area contributed by atoms with Crippen molar-refractivity contribution >= 4 is 24.0 Å². The van der Waals surface area contributed by atoms with Crippen LogP contribution in [0.1, 0.15) is 17.0 Å². The summed E-state index contributed by atoms with van der Waals surface area (Å²) in [6, 6.07) is 7.89. The zero-order chi connectivity index (χ0) is 19.1. The number of alkyl halides is 2. The summed E-state index contributed by atoms with van der Waals surface area (Å²) in [5, 5.41) is 0. The molecule has 0 unspecified atom stereocenters. The zero-order valence-corrected chi connectivity index (χ0v) is 15.7. The summed E-state index contributed by atoms with van der Waals surface area (Å²) >= 11 is 1.60. The van der Waals surface area contributed by atoms with Crippen molar-refractivity contribution in [1.82, 2.24) is 4.57 Å². The van der Waals surface area contributed by atoms with E-state index in [0.29, 0.717) is 6.61 Å². The molecule has 0 aliphatic rings. The highest BCUT2D eigenvalue weighted by Gasteiger charge is 2.11. The Kier molecular flexibility index (Phi) is 7.26. The van der Waals surface area contributed by atoms with Gasteiger partial charge < -0.3 is 14.0 Å². The maximum absolute atomic E-state index is 12.6. The summed E-state index contributed by atoms with van der Waals surface area (Å²) in [6.45, 7) is 1.17. The molecule has 0 fully saturated rings. The van der Waals surface area contributed by atoms with Crippen LogP contribution in [0.5, 0.6) is 11.5 Å². The minimum absolute atomic E-state index is 0.00831. The van der Waals surface area contributed by atoms with E-state index in [4.69, 9.17) is 4.74 Å². The second-order valence-electron chi connectivity index (χ2n) is 5.59. The van der Waals surface area contributed by atoms with Gasteiger partial charge in [0.1, 0.15) is 0 Å². The molecule has 1 aromatic carbocycles. The van der Waals surface area contributed by atoms with Gasteiger partial charge in [0.05, 0.1) is 6.61 Å². The normalized spacial score (nSPS) is 11.3. The third-order valence-corrected chi connectivity index (χ3v) is 4.18. The third-order valence-electron chi connectivity index (χ3n) is 3.61. The quantitative estimate of drug-likeness (QED) is 0.634. The van der Waals surface area contributed by atoms with Crippen LogP contribution < -0.4 is 14.9 Å². The molecule has 0 N–H and O–H groups in total. The van der Waals surface area contributed by atoms with Gasteiger partial charge in [-0.05, 0) is 43.9 Å². The van der Waals surface area contributed by atoms with Crippen LogP contribution in [0.2, 0.25) is 0 Å². The Morgan fingerprint density at radius 1 is 1.15 bits per heavy atom. The SMILES string of the molecule is CSCCOc1cc(C=Cn2c(C)cc(=O)cc2C)ccc1OC(F)F. The van der Waals surface area contributed by atoms with Crippen LogP contribution in [0, 0.1) is 13.8 Å². The Hall–Kier alpha value is -2.28. The number of nitrogens with zero attached hydrogens (tertiary/aromatic N) is 1. The molecule has 2 aromatic rings. The molecule has 0 atom stereocenters. The first kappa shape index (κ1) is 20.0. The van der Waals surface area contributed by atoms with Crippen molar-refractivity contribution in [2.24, 2.45) is 0 Å². The zero-order valence-electron chi connectivity index (χ0n) is 14.9. The van der Waals surface area contributed by atoms with Gasteiger partial charge >= 0.3 is 6.61 Å². The topological polar surface area (TPSA) is 40.5 Å². The maximum Gasteiger partial charge on any atom is 0.387 e. The molecule has 140 valence electrons. The van der Waals surface area contributed by atoms with E-state index in [0.717, 1.165) is 22.7 Å². The van der Waals surface area contributed by atoms with Gasteiger partial charge in [0.25, 0.3) is 0 Å². The fourth-order valence-electron chi connectivity index (χ4n) is 2.44. The van der Waals surface area contributed by atoms with Crippen LogP contribution in [-0.4, -0.2) is 29.8 Å². The lowest BCUT2D eigenvalue weighted by Crippen LogP contribution is -2.08. The molecule has 0 saturated heterocycles. The van der Waals surface area contributed by atoms with Crippen LogP contribution in [0.3, 0.4) is 0 Å². The van der Waals surface area contributed by atoms with Gasteiger partial charge in [-0.15, -0.1) is 0 Å². The predicted molar refractivity (Wildman–Crippen MR) is 102 cm³/mol. The highest BCUT2D eigenvalue weighted by atomic mass is 32.2. The number of aryl methyl sites for hydroxylation is 2. The van der Waals surface area contributed by atoms with Gasteiger partial charge in [-0.2, -0.15) is 20.5 Å². The Bertz CT molecular complexity index is 808. The smallest absolute Gasteiger partial charge is 0.387 e. The van der Waals surface area contributed by atoms with Gasteiger partial charge in [-0.3, -0.25) is 4.79 Å². The number of rotatable bonds is 8. The molecule has 0 amide bonds. The predicted octanol–water partition coefficient (Wildman–Crippen LogP) is 4.44. The molecular formula is C19H21F2NO3S. The first-order valence-corrected chi connectivity index (χ1v) is 9.38. The van der Waals surface area contributed by atoms with Gasteiger partial charge in [0.15, 0.2) is 16.9 Å². The number of ether oxygens (including phenoxy) is 2. The van der Waals surface area contributed by atoms with Crippen LogP contribution in [-0.2, 0) is 0 Å². The number of aromatic nitrogens is 1. The van der Waals surface area contributed by atoms with E-state index in [-0.39, 0.29) is 16.9 Å². The Morgan fingerprint density at radius 2 is 1.85 bits per heavy atom. The van der Waals surface area contributed by atoms with Gasteiger partial charge in [-0.1, -0.05) is 6.07 Å². The second kappa shape index (κ2) is 9.43. The first-order chi connectivity index (χ1) is 12.4. The molecule has 1 heterocycles. The standard InChI is InChI=1S/C19H21F2NO3S/c1-13-10-16(23)11-14(2)22(13)7-6-15-4-5-17(25-19(20)21)18(12-15)24-8-9-26-3/h4-7,10-12,19H,8-9H2,1-3H3. The van der Waals surface area contributed by atoms with Crippen molar-refractivity contribution in [3.8, 4) is 11.5 Å². The lowest BCUT2D eigenvalue weighted by Gasteiger charge is -2.13. The van der Waals surface area contributed by atoms with E-state index < -0.39 is 6.61 Å². The second-order valence-corrected chi connectivity index (χ2v) is 6.57. The summed E-state index contributed by atoms with van der Waals surface area (Å²) in [7, 11) is 0. The summed E-state index contributed by atoms with van der Waals surface area (Å²) < 4.78 is 37.1. The van der Waals surface area contributed by atoms with Crippen molar-refractivity contribution in [1.29, 1.82) is 0 Å². The molecule has 7 heteroatoms.